The molecule has 0 unspecified atom stereocenters. The topological polar surface area (TPSA) is 112 Å². The van der Waals surface area contributed by atoms with Gasteiger partial charge in [0, 0.05) is 12.4 Å². The minimum atomic E-state index is -1.01. The summed E-state index contributed by atoms with van der Waals surface area (Å²) in [5.74, 6) is -0.147. The third-order valence-corrected chi connectivity index (χ3v) is 2.51. The van der Waals surface area contributed by atoms with Gasteiger partial charge < -0.3 is 11.1 Å². The van der Waals surface area contributed by atoms with E-state index in [9.17, 15) is 4.79 Å². The third kappa shape index (κ3) is 2.97. The van der Waals surface area contributed by atoms with Crippen molar-refractivity contribution in [2.24, 2.45) is 5.73 Å². The van der Waals surface area contributed by atoms with Crippen molar-refractivity contribution in [2.75, 3.05) is 5.32 Å². The van der Waals surface area contributed by atoms with E-state index >= 15 is 0 Å². The molecule has 9 heteroatoms. The Labute approximate surface area is 114 Å². The van der Waals surface area contributed by atoms with Crippen molar-refractivity contribution in [3.8, 4) is 5.95 Å². The molecule has 0 aliphatic heterocycles. The molecule has 8 nitrogen and oxygen atoms in total. The molecule has 0 aromatic carbocycles. The molecule has 0 spiro atoms. The molecule has 0 saturated carbocycles. The van der Waals surface area contributed by atoms with E-state index in [0.717, 1.165) is 0 Å². The van der Waals surface area contributed by atoms with E-state index < -0.39 is 11.4 Å². The number of nitrogens with zero attached hydrogens (tertiary/aromatic N) is 5. The van der Waals surface area contributed by atoms with Gasteiger partial charge >= 0.3 is 0 Å². The third-order valence-electron chi connectivity index (χ3n) is 2.35. The van der Waals surface area contributed by atoms with E-state index in [1.807, 2.05) is 0 Å². The maximum atomic E-state index is 11.3. The van der Waals surface area contributed by atoms with E-state index in [0.29, 0.717) is 0 Å². The molecule has 0 atom stereocenters. The zero-order chi connectivity index (χ0) is 14.0. The van der Waals surface area contributed by atoms with Gasteiger partial charge in [-0.3, -0.25) is 4.79 Å². The number of aromatic nitrogens is 5. The summed E-state index contributed by atoms with van der Waals surface area (Å²) in [6, 6.07) is 1.72. The first-order valence-electron chi connectivity index (χ1n) is 5.38. The molecule has 2 aromatic rings. The summed E-state index contributed by atoms with van der Waals surface area (Å²) in [7, 11) is 0. The summed E-state index contributed by atoms with van der Waals surface area (Å²) in [6.07, 6.45) is 3.24. The van der Waals surface area contributed by atoms with Crippen LogP contribution in [0.2, 0.25) is 5.28 Å². The molecular weight excluding hydrogens is 270 g/mol. The lowest BCUT2D eigenvalue weighted by atomic mass is 10.1. The lowest BCUT2D eigenvalue weighted by Gasteiger charge is -2.22. The highest BCUT2D eigenvalue weighted by Crippen LogP contribution is 2.13. The Morgan fingerprint density at radius 3 is 2.74 bits per heavy atom. The highest BCUT2D eigenvalue weighted by Gasteiger charge is 2.26. The van der Waals surface area contributed by atoms with Crippen LogP contribution in [0, 0.1) is 0 Å². The number of hydrogen-bond donors (Lipinski definition) is 2. The molecule has 1 amide bonds. The summed E-state index contributed by atoms with van der Waals surface area (Å²) in [5, 5.41) is 6.77. The second-order valence-corrected chi connectivity index (χ2v) is 4.63. The molecule has 2 heterocycles. The number of rotatable bonds is 4. The van der Waals surface area contributed by atoms with Gasteiger partial charge in [-0.1, -0.05) is 0 Å². The van der Waals surface area contributed by atoms with Crippen LogP contribution in [0.15, 0.2) is 18.5 Å². The Hall–Kier alpha value is -2.22. The molecule has 0 aliphatic carbocycles. The largest absolute Gasteiger partial charge is 0.368 e. The van der Waals surface area contributed by atoms with Gasteiger partial charge in [0.2, 0.25) is 17.1 Å². The van der Waals surface area contributed by atoms with Gasteiger partial charge in [0.25, 0.3) is 5.95 Å². The maximum absolute atomic E-state index is 11.3. The lowest BCUT2D eigenvalue weighted by molar-refractivity contribution is -0.121. The van der Waals surface area contributed by atoms with Crippen molar-refractivity contribution >= 4 is 23.5 Å². The normalized spacial score (nSPS) is 11.3. The number of anilines is 1. The van der Waals surface area contributed by atoms with Gasteiger partial charge in [-0.05, 0) is 31.5 Å². The monoisotopic (exact) mass is 281 g/mol. The predicted molar refractivity (Wildman–Crippen MR) is 68.9 cm³/mol. The molecule has 2 aromatic heterocycles. The van der Waals surface area contributed by atoms with Crippen LogP contribution in [0.3, 0.4) is 0 Å². The van der Waals surface area contributed by atoms with Crippen LogP contribution in [0.25, 0.3) is 5.95 Å². The highest BCUT2D eigenvalue weighted by atomic mass is 35.5. The average molecular weight is 282 g/mol. The Morgan fingerprint density at radius 2 is 2.16 bits per heavy atom. The summed E-state index contributed by atoms with van der Waals surface area (Å²) >= 11 is 5.82. The smallest absolute Gasteiger partial charge is 0.256 e. The fourth-order valence-corrected chi connectivity index (χ4v) is 1.38. The molecule has 0 aliphatic rings. The number of halogens is 1. The summed E-state index contributed by atoms with van der Waals surface area (Å²) in [4.78, 5) is 23.2. The molecule has 3 N–H and O–H groups in total. The van der Waals surface area contributed by atoms with Crippen LogP contribution in [-0.2, 0) is 4.79 Å². The number of nitrogens with one attached hydrogen (secondary N) is 1. The summed E-state index contributed by atoms with van der Waals surface area (Å²) in [6.45, 7) is 3.22. The van der Waals surface area contributed by atoms with Gasteiger partial charge in [-0.15, -0.1) is 0 Å². The zero-order valence-electron chi connectivity index (χ0n) is 10.3. The number of nitrogens with two attached hydrogens (primary N) is 1. The average Bonchev–Trinajstić information content (AvgIpc) is 2.80. The number of amides is 1. The van der Waals surface area contributed by atoms with Crippen LogP contribution in [0.1, 0.15) is 13.8 Å². The SMILES string of the molecule is CC(C)(Nc1nc(Cl)nc(-n2cccn2)n1)C(N)=O. The van der Waals surface area contributed by atoms with Crippen molar-refractivity contribution < 1.29 is 4.79 Å². The number of carbonyl (C=O) groups is 1. The summed E-state index contributed by atoms with van der Waals surface area (Å²) < 4.78 is 1.43. The van der Waals surface area contributed by atoms with Crippen LogP contribution in [-0.4, -0.2) is 36.2 Å². The zero-order valence-corrected chi connectivity index (χ0v) is 11.1. The fraction of sp³-hybridized carbons (Fsp3) is 0.300. The first-order chi connectivity index (χ1) is 8.88. The van der Waals surface area contributed by atoms with E-state index in [1.54, 1.807) is 32.3 Å². The van der Waals surface area contributed by atoms with E-state index in [1.165, 1.54) is 4.68 Å². The van der Waals surface area contributed by atoms with Gasteiger partial charge in [0.15, 0.2) is 0 Å². The first-order valence-corrected chi connectivity index (χ1v) is 5.76. The molecular formula is C10H12ClN7O. The quantitative estimate of drug-likeness (QED) is 0.838. The van der Waals surface area contributed by atoms with Gasteiger partial charge in [0.05, 0.1) is 0 Å². The fourth-order valence-electron chi connectivity index (χ4n) is 1.23. The lowest BCUT2D eigenvalue weighted by Crippen LogP contribution is -2.45. The standard InChI is InChI=1S/C10H12ClN7O/c1-10(2,6(12)19)17-8-14-7(11)15-9(16-8)18-5-3-4-13-18/h3-5H,1-2H3,(H2,12,19)(H,14,15,16,17). The highest BCUT2D eigenvalue weighted by molar-refractivity contribution is 6.28. The van der Waals surface area contributed by atoms with E-state index in [-0.39, 0.29) is 17.2 Å². The van der Waals surface area contributed by atoms with Crippen LogP contribution in [0.5, 0.6) is 0 Å². The van der Waals surface area contributed by atoms with Gasteiger partial charge in [-0.2, -0.15) is 20.1 Å². The maximum Gasteiger partial charge on any atom is 0.256 e. The van der Waals surface area contributed by atoms with Crippen LogP contribution >= 0.6 is 11.6 Å². The number of hydrogen-bond acceptors (Lipinski definition) is 6. The second kappa shape index (κ2) is 4.81. The van der Waals surface area contributed by atoms with Crippen LogP contribution in [0.4, 0.5) is 5.95 Å². The summed E-state index contributed by atoms with van der Waals surface area (Å²) in [5.41, 5.74) is 4.26. The first kappa shape index (κ1) is 13.2. The molecule has 0 fully saturated rings. The van der Waals surface area contributed by atoms with Crippen molar-refractivity contribution in [2.45, 2.75) is 19.4 Å². The van der Waals surface area contributed by atoms with Gasteiger partial charge in [-0.25, -0.2) is 4.68 Å². The number of primary amides is 1. The molecule has 100 valence electrons. The number of carbonyl (C=O) groups excluding carboxylic acids is 1. The van der Waals surface area contributed by atoms with Crippen molar-refractivity contribution in [1.29, 1.82) is 0 Å². The molecule has 19 heavy (non-hydrogen) atoms. The predicted octanol–water partition coefficient (Wildman–Crippen LogP) is 0.386. The Balaban J connectivity index is 2.35. The molecule has 0 saturated heterocycles. The van der Waals surface area contributed by atoms with Crippen molar-refractivity contribution in [3.05, 3.63) is 23.7 Å². The van der Waals surface area contributed by atoms with E-state index in [4.69, 9.17) is 17.3 Å². The molecule has 0 bridgehead atoms. The van der Waals surface area contributed by atoms with Crippen LogP contribution < -0.4 is 11.1 Å². The Kier molecular flexibility index (Phi) is 3.34. The minimum absolute atomic E-state index is 0.0109. The molecule has 0 radical (unpaired) electrons. The Bertz CT molecular complexity index is 596. The molecule has 2 rings (SSSR count). The van der Waals surface area contributed by atoms with Crippen molar-refractivity contribution in [3.63, 3.8) is 0 Å². The minimum Gasteiger partial charge on any atom is -0.368 e. The second-order valence-electron chi connectivity index (χ2n) is 4.29. The van der Waals surface area contributed by atoms with E-state index in [2.05, 4.69) is 25.4 Å². The van der Waals surface area contributed by atoms with Gasteiger partial charge in [0.1, 0.15) is 5.54 Å². The Morgan fingerprint density at radius 1 is 1.42 bits per heavy atom. The van der Waals surface area contributed by atoms with Crippen molar-refractivity contribution in [1.82, 2.24) is 24.7 Å².